The van der Waals surface area contributed by atoms with Crippen LogP contribution in [0.25, 0.3) is 0 Å². The molecule has 0 unspecified atom stereocenters. The van der Waals surface area contributed by atoms with Crippen LogP contribution in [0.4, 0.5) is 4.39 Å². The third-order valence-corrected chi connectivity index (χ3v) is 5.69. The van der Waals surface area contributed by atoms with Crippen molar-refractivity contribution >= 4 is 29.3 Å². The summed E-state index contributed by atoms with van der Waals surface area (Å²) in [6.45, 7) is 0.621. The van der Waals surface area contributed by atoms with Gasteiger partial charge in [-0.3, -0.25) is 4.79 Å². The van der Waals surface area contributed by atoms with E-state index in [1.54, 1.807) is 0 Å². The fourth-order valence-electron chi connectivity index (χ4n) is 2.98. The van der Waals surface area contributed by atoms with E-state index in [-0.39, 0.29) is 28.1 Å². The van der Waals surface area contributed by atoms with Gasteiger partial charge in [-0.25, -0.2) is 4.39 Å². The number of carbonyl (C=O) groups excluding carboxylic acids is 1. The molecule has 1 amide bonds. The molecule has 2 atom stereocenters. The van der Waals surface area contributed by atoms with E-state index in [9.17, 15) is 14.3 Å². The van der Waals surface area contributed by atoms with Gasteiger partial charge in [0.05, 0.1) is 10.6 Å². The predicted molar refractivity (Wildman–Crippen MR) is 84.2 cm³/mol. The number of nitrogens with one attached hydrogen (secondary N) is 1. The zero-order valence-corrected chi connectivity index (χ0v) is 13.5. The lowest BCUT2D eigenvalue weighted by Gasteiger charge is -2.38. The van der Waals surface area contributed by atoms with Crippen LogP contribution in [0.1, 0.15) is 29.6 Å². The summed E-state index contributed by atoms with van der Waals surface area (Å²) in [6, 6.07) is 2.28. The Kier molecular flexibility index (Phi) is 4.52. The Balaban J connectivity index is 1.69. The van der Waals surface area contributed by atoms with Gasteiger partial charge in [-0.2, -0.15) is 11.8 Å². The number of benzene rings is 1. The summed E-state index contributed by atoms with van der Waals surface area (Å²) >= 11 is 7.58. The summed E-state index contributed by atoms with van der Waals surface area (Å²) in [4.78, 5) is 12.3. The molecule has 4 nitrogen and oxygen atoms in total. The van der Waals surface area contributed by atoms with Crippen molar-refractivity contribution in [3.63, 3.8) is 0 Å². The van der Waals surface area contributed by atoms with Crippen LogP contribution < -0.4 is 5.32 Å². The number of aromatic hydroxyl groups is 1. The number of thioether (sulfide) groups is 1. The maximum atomic E-state index is 13.5. The summed E-state index contributed by atoms with van der Waals surface area (Å²) < 4.78 is 19.4. The number of ether oxygens (including phenoxy) is 1. The van der Waals surface area contributed by atoms with Crippen molar-refractivity contribution < 1.29 is 19.0 Å². The average molecular weight is 346 g/mol. The lowest BCUT2D eigenvalue weighted by molar-refractivity contribution is -0.0688. The highest BCUT2D eigenvalue weighted by molar-refractivity contribution is 7.99. The monoisotopic (exact) mass is 345 g/mol. The summed E-state index contributed by atoms with van der Waals surface area (Å²) in [7, 11) is 0. The molecule has 1 aromatic carbocycles. The van der Waals surface area contributed by atoms with Gasteiger partial charge in [-0.05, 0) is 37.1 Å². The minimum Gasteiger partial charge on any atom is -0.504 e. The van der Waals surface area contributed by atoms with Crippen molar-refractivity contribution in [2.45, 2.75) is 30.9 Å². The number of amides is 1. The Morgan fingerprint density at radius 3 is 3.05 bits per heavy atom. The molecular formula is C15H17ClFNO3S. The highest BCUT2D eigenvalue weighted by Gasteiger charge is 2.40. The molecule has 2 aliphatic rings. The van der Waals surface area contributed by atoms with Gasteiger partial charge < -0.3 is 15.2 Å². The Hall–Kier alpha value is -0.980. The Morgan fingerprint density at radius 2 is 2.36 bits per heavy atom. The molecule has 2 saturated heterocycles. The van der Waals surface area contributed by atoms with Gasteiger partial charge in [0.25, 0.3) is 5.91 Å². The minimum atomic E-state index is -0.895. The first-order valence-electron chi connectivity index (χ1n) is 7.20. The molecule has 0 aromatic heterocycles. The smallest absolute Gasteiger partial charge is 0.251 e. The van der Waals surface area contributed by atoms with Crippen molar-refractivity contribution in [3.8, 4) is 5.75 Å². The third kappa shape index (κ3) is 3.19. The third-order valence-electron chi connectivity index (χ3n) is 4.17. The first-order chi connectivity index (χ1) is 10.5. The molecule has 0 bridgehead atoms. The number of hydrogen-bond acceptors (Lipinski definition) is 4. The van der Waals surface area contributed by atoms with E-state index in [1.807, 2.05) is 11.8 Å². The maximum Gasteiger partial charge on any atom is 0.251 e. The molecular weight excluding hydrogens is 329 g/mol. The Morgan fingerprint density at radius 1 is 1.55 bits per heavy atom. The van der Waals surface area contributed by atoms with Crippen LogP contribution in [0.3, 0.4) is 0 Å². The predicted octanol–water partition coefficient (Wildman–Crippen LogP) is 2.97. The van der Waals surface area contributed by atoms with E-state index in [0.717, 1.165) is 36.8 Å². The summed E-state index contributed by atoms with van der Waals surface area (Å²) in [5.74, 6) is 0.131. The van der Waals surface area contributed by atoms with Crippen LogP contribution >= 0.6 is 23.4 Å². The fraction of sp³-hybridized carbons (Fsp3) is 0.533. The van der Waals surface area contributed by atoms with Crippen molar-refractivity contribution in [2.75, 3.05) is 18.1 Å². The molecule has 2 fully saturated rings. The SMILES string of the molecule is O=C(N[C@H]1CCO[C@]2(CCSC2)C1)c1cc(F)c(O)c(Cl)c1. The molecule has 120 valence electrons. The topological polar surface area (TPSA) is 58.6 Å². The van der Waals surface area contributed by atoms with E-state index < -0.39 is 11.6 Å². The molecule has 2 heterocycles. The van der Waals surface area contributed by atoms with Gasteiger partial charge in [0.1, 0.15) is 0 Å². The van der Waals surface area contributed by atoms with Crippen LogP contribution in [0, 0.1) is 5.82 Å². The Bertz CT molecular complexity index is 569. The summed E-state index contributed by atoms with van der Waals surface area (Å²) in [5.41, 5.74) is -0.0136. The first kappa shape index (κ1) is 15.9. The number of carbonyl (C=O) groups is 1. The van der Waals surface area contributed by atoms with E-state index >= 15 is 0 Å². The van der Waals surface area contributed by atoms with Gasteiger partial charge in [0, 0.05) is 24.0 Å². The van der Waals surface area contributed by atoms with Crippen molar-refractivity contribution in [3.05, 3.63) is 28.5 Å². The normalized spacial score (nSPS) is 28.0. The molecule has 0 saturated carbocycles. The van der Waals surface area contributed by atoms with Crippen LogP contribution in [0.5, 0.6) is 5.75 Å². The average Bonchev–Trinajstić information content (AvgIpc) is 2.92. The first-order valence-corrected chi connectivity index (χ1v) is 8.73. The number of halogens is 2. The number of phenolic OH excluding ortho intramolecular Hbond substituents is 1. The molecule has 0 radical (unpaired) electrons. The molecule has 2 N–H and O–H groups in total. The second kappa shape index (κ2) is 6.26. The molecule has 1 spiro atoms. The van der Waals surface area contributed by atoms with Crippen molar-refractivity contribution in [1.82, 2.24) is 5.32 Å². The quantitative estimate of drug-likeness (QED) is 0.865. The second-order valence-electron chi connectivity index (χ2n) is 5.79. The fourth-order valence-corrected chi connectivity index (χ4v) is 4.57. The molecule has 7 heteroatoms. The molecule has 22 heavy (non-hydrogen) atoms. The van der Waals surface area contributed by atoms with Gasteiger partial charge in [-0.1, -0.05) is 11.6 Å². The van der Waals surface area contributed by atoms with Gasteiger partial charge in [-0.15, -0.1) is 0 Å². The maximum absolute atomic E-state index is 13.5. The van der Waals surface area contributed by atoms with Gasteiger partial charge in [0.2, 0.25) is 0 Å². The standard InChI is InChI=1S/C15H17ClFNO3S/c16-11-5-9(6-12(17)13(11)19)14(20)18-10-1-3-21-15(7-10)2-4-22-8-15/h5-6,10,19H,1-4,7-8H2,(H,18,20)/t10-,15+/m0/s1. The molecule has 0 aliphatic carbocycles. The summed E-state index contributed by atoms with van der Waals surface area (Å²) in [5, 5.41) is 12.1. The van der Waals surface area contributed by atoms with Crippen molar-refractivity contribution in [2.24, 2.45) is 0 Å². The number of rotatable bonds is 2. The van der Waals surface area contributed by atoms with E-state index in [2.05, 4.69) is 5.32 Å². The van der Waals surface area contributed by atoms with Crippen molar-refractivity contribution in [1.29, 1.82) is 0 Å². The highest BCUT2D eigenvalue weighted by Crippen LogP contribution is 2.38. The molecule has 2 aliphatic heterocycles. The largest absolute Gasteiger partial charge is 0.504 e. The minimum absolute atomic E-state index is 0.00981. The van der Waals surface area contributed by atoms with Crippen LogP contribution in [0.15, 0.2) is 12.1 Å². The van der Waals surface area contributed by atoms with Gasteiger partial charge >= 0.3 is 0 Å². The molecule has 3 rings (SSSR count). The number of hydrogen-bond donors (Lipinski definition) is 2. The zero-order chi connectivity index (χ0) is 15.7. The van der Waals surface area contributed by atoms with E-state index in [4.69, 9.17) is 16.3 Å². The van der Waals surface area contributed by atoms with Crippen LogP contribution in [0.2, 0.25) is 5.02 Å². The number of phenols is 1. The lowest BCUT2D eigenvalue weighted by atomic mass is 9.89. The summed E-state index contributed by atoms with van der Waals surface area (Å²) in [6.07, 6.45) is 2.52. The van der Waals surface area contributed by atoms with E-state index in [0.29, 0.717) is 6.61 Å². The van der Waals surface area contributed by atoms with Crippen LogP contribution in [-0.2, 0) is 4.74 Å². The van der Waals surface area contributed by atoms with E-state index in [1.165, 1.54) is 6.07 Å². The second-order valence-corrected chi connectivity index (χ2v) is 7.30. The van der Waals surface area contributed by atoms with Crippen LogP contribution in [-0.4, -0.2) is 40.8 Å². The highest BCUT2D eigenvalue weighted by atomic mass is 35.5. The van der Waals surface area contributed by atoms with Gasteiger partial charge in [0.15, 0.2) is 11.6 Å². The zero-order valence-electron chi connectivity index (χ0n) is 11.9. The Labute approximate surface area is 137 Å². The molecule has 1 aromatic rings. The lowest BCUT2D eigenvalue weighted by Crippen LogP contribution is -2.48.